The molecule has 2 heterocycles. The second kappa shape index (κ2) is 4.38. The average Bonchev–Trinajstić information content (AvgIpc) is 2.76. The maximum absolute atomic E-state index is 11.7. The Bertz CT molecular complexity index is 733. The van der Waals surface area contributed by atoms with Crippen LogP contribution in [-0.2, 0) is 4.74 Å². The number of rotatable bonds is 2. The molecule has 1 aromatic carbocycles. The first kappa shape index (κ1) is 11.2. The van der Waals surface area contributed by atoms with E-state index in [2.05, 4.69) is 4.98 Å². The van der Waals surface area contributed by atoms with Gasteiger partial charge in [-0.1, -0.05) is 6.07 Å². The number of thiophene rings is 1. The lowest BCUT2D eigenvalue weighted by Gasteiger charge is -2.01. The van der Waals surface area contributed by atoms with Crippen LogP contribution < -0.4 is 0 Å². The fourth-order valence-corrected chi connectivity index (χ4v) is 3.04. The van der Waals surface area contributed by atoms with E-state index >= 15 is 0 Å². The molecule has 18 heavy (non-hydrogen) atoms. The number of aromatic nitrogens is 1. The molecule has 0 saturated heterocycles. The Hall–Kier alpha value is -1.94. The van der Waals surface area contributed by atoms with E-state index in [9.17, 15) is 4.79 Å². The number of esters is 1. The molecule has 0 saturated carbocycles. The summed E-state index contributed by atoms with van der Waals surface area (Å²) < 4.78 is 6.07. The summed E-state index contributed by atoms with van der Waals surface area (Å²) in [7, 11) is 0. The second-order valence-electron chi connectivity index (χ2n) is 3.89. The predicted octanol–water partition coefficient (Wildman–Crippen LogP) is 3.63. The van der Waals surface area contributed by atoms with Crippen molar-refractivity contribution in [2.24, 2.45) is 0 Å². The minimum Gasteiger partial charge on any atom is -0.462 e. The van der Waals surface area contributed by atoms with Crippen LogP contribution in [-0.4, -0.2) is 17.6 Å². The van der Waals surface area contributed by atoms with Gasteiger partial charge in [0.15, 0.2) is 0 Å². The van der Waals surface area contributed by atoms with Gasteiger partial charge in [0.2, 0.25) is 0 Å². The lowest BCUT2D eigenvalue weighted by Crippen LogP contribution is -2.03. The van der Waals surface area contributed by atoms with Gasteiger partial charge in [0, 0.05) is 21.7 Å². The number of pyridine rings is 1. The number of fused-ring (bicyclic) bond motifs is 3. The Morgan fingerprint density at radius 2 is 2.22 bits per heavy atom. The van der Waals surface area contributed by atoms with E-state index in [1.807, 2.05) is 24.3 Å². The van der Waals surface area contributed by atoms with Crippen LogP contribution >= 0.6 is 11.3 Å². The molecule has 3 aromatic rings. The largest absolute Gasteiger partial charge is 0.462 e. The number of carbonyl (C=O) groups is 1. The fraction of sp³-hybridized carbons (Fsp3) is 0.143. The first-order chi connectivity index (χ1) is 8.79. The quantitative estimate of drug-likeness (QED) is 0.658. The standard InChI is InChI=1S/C14H11NO2S/c1-2-17-14(16)9-5-6-10-11-4-3-7-15-13(11)18-12(10)8-9/h3-8H,2H2,1H3. The Labute approximate surface area is 108 Å². The highest BCUT2D eigenvalue weighted by atomic mass is 32.1. The van der Waals surface area contributed by atoms with Gasteiger partial charge in [-0.2, -0.15) is 0 Å². The van der Waals surface area contributed by atoms with Crippen LogP contribution in [0.4, 0.5) is 0 Å². The zero-order valence-corrected chi connectivity index (χ0v) is 10.7. The van der Waals surface area contributed by atoms with Crippen LogP contribution in [0.15, 0.2) is 36.5 Å². The summed E-state index contributed by atoms with van der Waals surface area (Å²) in [5.74, 6) is -0.273. The molecular weight excluding hydrogens is 246 g/mol. The van der Waals surface area contributed by atoms with Crippen LogP contribution in [0.3, 0.4) is 0 Å². The van der Waals surface area contributed by atoms with E-state index in [4.69, 9.17) is 4.74 Å². The highest BCUT2D eigenvalue weighted by Gasteiger charge is 2.10. The lowest BCUT2D eigenvalue weighted by molar-refractivity contribution is 0.0526. The van der Waals surface area contributed by atoms with Crippen molar-refractivity contribution in [1.29, 1.82) is 0 Å². The van der Waals surface area contributed by atoms with Crippen molar-refractivity contribution < 1.29 is 9.53 Å². The van der Waals surface area contributed by atoms with Gasteiger partial charge in [-0.25, -0.2) is 9.78 Å². The Balaban J connectivity index is 2.18. The van der Waals surface area contributed by atoms with E-state index in [1.165, 1.54) is 0 Å². The van der Waals surface area contributed by atoms with Crippen molar-refractivity contribution in [3.8, 4) is 0 Å². The molecule has 0 fully saturated rings. The number of carbonyl (C=O) groups excluding carboxylic acids is 1. The van der Waals surface area contributed by atoms with Crippen molar-refractivity contribution in [2.75, 3.05) is 6.61 Å². The van der Waals surface area contributed by atoms with E-state index < -0.39 is 0 Å². The molecule has 0 bridgehead atoms. The van der Waals surface area contributed by atoms with Crippen molar-refractivity contribution >= 4 is 37.6 Å². The summed E-state index contributed by atoms with van der Waals surface area (Å²) in [5, 5.41) is 2.27. The molecule has 90 valence electrons. The molecular formula is C14H11NO2S. The van der Waals surface area contributed by atoms with Crippen LogP contribution in [0.1, 0.15) is 17.3 Å². The van der Waals surface area contributed by atoms with Gasteiger partial charge in [0.1, 0.15) is 4.83 Å². The van der Waals surface area contributed by atoms with Crippen LogP contribution in [0, 0.1) is 0 Å². The Morgan fingerprint density at radius 1 is 1.33 bits per heavy atom. The lowest BCUT2D eigenvalue weighted by atomic mass is 10.1. The summed E-state index contributed by atoms with van der Waals surface area (Å²) in [6.07, 6.45) is 1.78. The molecule has 0 radical (unpaired) electrons. The maximum atomic E-state index is 11.7. The third-order valence-corrected chi connectivity index (χ3v) is 3.84. The molecule has 0 aliphatic rings. The monoisotopic (exact) mass is 257 g/mol. The van der Waals surface area contributed by atoms with Crippen molar-refractivity contribution in [2.45, 2.75) is 6.92 Å². The van der Waals surface area contributed by atoms with Crippen molar-refractivity contribution in [3.63, 3.8) is 0 Å². The zero-order valence-electron chi connectivity index (χ0n) is 9.84. The molecule has 3 rings (SSSR count). The smallest absolute Gasteiger partial charge is 0.338 e. The number of hydrogen-bond acceptors (Lipinski definition) is 4. The number of hydrogen-bond donors (Lipinski definition) is 0. The van der Waals surface area contributed by atoms with Gasteiger partial charge in [0.05, 0.1) is 12.2 Å². The summed E-state index contributed by atoms with van der Waals surface area (Å²) in [6, 6.07) is 9.61. The first-order valence-electron chi connectivity index (χ1n) is 5.74. The summed E-state index contributed by atoms with van der Waals surface area (Å²) in [5.41, 5.74) is 0.593. The first-order valence-corrected chi connectivity index (χ1v) is 6.55. The van der Waals surface area contributed by atoms with Crippen molar-refractivity contribution in [3.05, 3.63) is 42.1 Å². The Morgan fingerprint density at radius 3 is 3.06 bits per heavy atom. The third-order valence-electron chi connectivity index (χ3n) is 2.76. The summed E-state index contributed by atoms with van der Waals surface area (Å²) in [6.45, 7) is 2.20. The van der Waals surface area contributed by atoms with E-state index in [0.29, 0.717) is 12.2 Å². The van der Waals surface area contributed by atoms with E-state index in [-0.39, 0.29) is 5.97 Å². The van der Waals surface area contributed by atoms with E-state index in [1.54, 1.807) is 30.5 Å². The Kier molecular flexibility index (Phi) is 2.72. The zero-order chi connectivity index (χ0) is 12.5. The fourth-order valence-electron chi connectivity index (χ4n) is 1.95. The molecule has 0 unspecified atom stereocenters. The number of benzene rings is 1. The minimum absolute atomic E-state index is 0.273. The van der Waals surface area contributed by atoms with Crippen LogP contribution in [0.2, 0.25) is 0 Å². The topological polar surface area (TPSA) is 39.2 Å². The van der Waals surface area contributed by atoms with Gasteiger partial charge in [0.25, 0.3) is 0 Å². The molecule has 0 amide bonds. The highest BCUT2D eigenvalue weighted by Crippen LogP contribution is 2.32. The molecule has 3 nitrogen and oxygen atoms in total. The molecule has 2 aromatic heterocycles. The van der Waals surface area contributed by atoms with Crippen molar-refractivity contribution in [1.82, 2.24) is 4.98 Å². The number of ether oxygens (including phenoxy) is 1. The molecule has 0 atom stereocenters. The maximum Gasteiger partial charge on any atom is 0.338 e. The molecule has 0 N–H and O–H groups in total. The van der Waals surface area contributed by atoms with Crippen LogP contribution in [0.5, 0.6) is 0 Å². The number of nitrogens with zero attached hydrogens (tertiary/aromatic N) is 1. The van der Waals surface area contributed by atoms with Gasteiger partial charge in [-0.3, -0.25) is 0 Å². The van der Waals surface area contributed by atoms with Gasteiger partial charge in [-0.05, 0) is 31.2 Å². The van der Waals surface area contributed by atoms with E-state index in [0.717, 1.165) is 20.3 Å². The molecule has 4 heteroatoms. The predicted molar refractivity (Wildman–Crippen MR) is 73.1 cm³/mol. The summed E-state index contributed by atoms with van der Waals surface area (Å²) in [4.78, 5) is 17.0. The summed E-state index contributed by atoms with van der Waals surface area (Å²) >= 11 is 1.59. The van der Waals surface area contributed by atoms with Gasteiger partial charge in [-0.15, -0.1) is 11.3 Å². The SMILES string of the molecule is CCOC(=O)c1ccc2c(c1)sc1ncccc12. The normalized spacial score (nSPS) is 10.9. The second-order valence-corrected chi connectivity index (χ2v) is 4.92. The minimum atomic E-state index is -0.273. The average molecular weight is 257 g/mol. The van der Waals surface area contributed by atoms with Crippen LogP contribution in [0.25, 0.3) is 20.3 Å². The van der Waals surface area contributed by atoms with Gasteiger partial charge < -0.3 is 4.74 Å². The molecule has 0 aliphatic carbocycles. The third kappa shape index (κ3) is 1.75. The van der Waals surface area contributed by atoms with Gasteiger partial charge >= 0.3 is 5.97 Å². The highest BCUT2D eigenvalue weighted by molar-refractivity contribution is 7.25. The molecule has 0 spiro atoms. The molecule has 0 aliphatic heterocycles.